The van der Waals surface area contributed by atoms with E-state index in [9.17, 15) is 9.59 Å². The number of carbonyl (C=O) groups excluding carboxylic acids is 2. The van der Waals surface area contributed by atoms with Crippen LogP contribution in [0.1, 0.15) is 26.3 Å². The van der Waals surface area contributed by atoms with Crippen molar-refractivity contribution in [1.29, 1.82) is 0 Å². The number of carbonyl (C=O) groups is 2. The fourth-order valence-corrected chi connectivity index (χ4v) is 2.57. The van der Waals surface area contributed by atoms with Crippen LogP contribution in [-0.4, -0.2) is 42.7 Å². The minimum Gasteiger partial charge on any atom is -0.490 e. The first-order chi connectivity index (χ1) is 11.8. The van der Waals surface area contributed by atoms with E-state index in [1.807, 2.05) is 6.92 Å². The van der Waals surface area contributed by atoms with Gasteiger partial charge in [-0.3, -0.25) is 0 Å². The second-order valence-corrected chi connectivity index (χ2v) is 6.42. The van der Waals surface area contributed by atoms with Crippen LogP contribution in [0.3, 0.4) is 0 Å². The number of hydrogen-bond donors (Lipinski definition) is 1. The van der Waals surface area contributed by atoms with Gasteiger partial charge in [-0.05, 0) is 30.7 Å². The van der Waals surface area contributed by atoms with Crippen molar-refractivity contribution in [3.63, 3.8) is 0 Å². The highest BCUT2D eigenvalue weighted by atomic mass is 79.9. The third-order valence-electron chi connectivity index (χ3n) is 3.13. The Morgan fingerprint density at radius 1 is 1.16 bits per heavy atom. The maximum absolute atomic E-state index is 12.1. The number of benzene rings is 1. The molecule has 1 aromatic rings. The van der Waals surface area contributed by atoms with Crippen LogP contribution in [0.5, 0.6) is 11.5 Å². The molecule has 1 N–H and O–H groups in total. The van der Waals surface area contributed by atoms with Gasteiger partial charge in [0.25, 0.3) is 5.79 Å². The summed E-state index contributed by atoms with van der Waals surface area (Å²) in [6, 6.07) is 3.25. The van der Waals surface area contributed by atoms with Gasteiger partial charge in [0.1, 0.15) is 12.2 Å². The van der Waals surface area contributed by atoms with Crippen molar-refractivity contribution in [2.24, 2.45) is 0 Å². The summed E-state index contributed by atoms with van der Waals surface area (Å²) in [6.07, 6.45) is 1.36. The molecule has 25 heavy (non-hydrogen) atoms. The quantitative estimate of drug-likeness (QED) is 0.434. The highest BCUT2D eigenvalue weighted by Gasteiger charge is 2.39. The normalized spacial score (nSPS) is 16.1. The molecule has 1 aromatic carbocycles. The second-order valence-electron chi connectivity index (χ2n) is 5.56. The molecule has 1 aliphatic rings. The van der Waals surface area contributed by atoms with E-state index in [4.69, 9.17) is 24.1 Å². The third-order valence-corrected chi connectivity index (χ3v) is 3.82. The van der Waals surface area contributed by atoms with Crippen molar-refractivity contribution in [2.45, 2.75) is 26.6 Å². The van der Waals surface area contributed by atoms with E-state index < -0.39 is 17.7 Å². The second kappa shape index (κ2) is 7.88. The minimum atomic E-state index is -1.29. The van der Waals surface area contributed by atoms with Crippen LogP contribution >= 0.6 is 15.9 Å². The van der Waals surface area contributed by atoms with Crippen LogP contribution in [0.2, 0.25) is 0 Å². The van der Waals surface area contributed by atoms with E-state index >= 15 is 0 Å². The lowest BCUT2D eigenvalue weighted by molar-refractivity contribution is -0.222. The molecular weight excluding hydrogens is 396 g/mol. The number of esters is 2. The molecule has 0 aliphatic carbocycles. The van der Waals surface area contributed by atoms with Gasteiger partial charge in [0, 0.05) is 18.3 Å². The Bertz CT molecular complexity index is 687. The average molecular weight is 415 g/mol. The first kappa shape index (κ1) is 19.3. The van der Waals surface area contributed by atoms with Gasteiger partial charge in [-0.2, -0.15) is 0 Å². The van der Waals surface area contributed by atoms with E-state index in [0.29, 0.717) is 28.1 Å². The molecule has 8 heteroatoms. The molecule has 0 aromatic heterocycles. The molecule has 0 spiro atoms. The van der Waals surface area contributed by atoms with Crippen molar-refractivity contribution < 1.29 is 33.6 Å². The molecule has 1 saturated heterocycles. The fourth-order valence-electron chi connectivity index (χ4n) is 2.13. The summed E-state index contributed by atoms with van der Waals surface area (Å²) < 4.78 is 21.7. The number of cyclic esters (lactones) is 2. The van der Waals surface area contributed by atoms with Gasteiger partial charge in [-0.1, -0.05) is 15.9 Å². The van der Waals surface area contributed by atoms with E-state index in [1.165, 1.54) is 19.9 Å². The molecule has 1 fully saturated rings. The topological polar surface area (TPSA) is 91.3 Å². The predicted molar refractivity (Wildman–Crippen MR) is 92.1 cm³/mol. The van der Waals surface area contributed by atoms with Gasteiger partial charge in [-0.15, -0.1) is 0 Å². The summed E-state index contributed by atoms with van der Waals surface area (Å²) in [7, 11) is 0. The highest BCUT2D eigenvalue weighted by molar-refractivity contribution is 9.10. The van der Waals surface area contributed by atoms with E-state index in [2.05, 4.69) is 15.9 Å². The number of rotatable bonds is 6. The van der Waals surface area contributed by atoms with Gasteiger partial charge >= 0.3 is 11.9 Å². The standard InChI is InChI=1S/C17H19BrO7/c1-4-22-13-8-10(12(18)9-14(13)23-6-5-19)7-11-15(20)24-17(2,3)25-16(11)21/h7-9,19H,4-6H2,1-3H3. The Morgan fingerprint density at radius 3 is 2.32 bits per heavy atom. The van der Waals surface area contributed by atoms with Crippen LogP contribution in [0.25, 0.3) is 6.08 Å². The molecule has 0 radical (unpaired) electrons. The summed E-state index contributed by atoms with van der Waals surface area (Å²) in [5.74, 6) is -1.96. The average Bonchev–Trinajstić information content (AvgIpc) is 2.51. The summed E-state index contributed by atoms with van der Waals surface area (Å²) in [5, 5.41) is 8.90. The van der Waals surface area contributed by atoms with Gasteiger partial charge in [0.05, 0.1) is 13.2 Å². The Labute approximate surface area is 153 Å². The van der Waals surface area contributed by atoms with E-state index in [0.717, 1.165) is 0 Å². The highest BCUT2D eigenvalue weighted by Crippen LogP contribution is 2.35. The van der Waals surface area contributed by atoms with E-state index in [-0.39, 0.29) is 18.8 Å². The Kier molecular flexibility index (Phi) is 6.07. The number of halogens is 1. The molecule has 136 valence electrons. The van der Waals surface area contributed by atoms with Crippen LogP contribution in [0.15, 0.2) is 22.2 Å². The molecule has 0 saturated carbocycles. The van der Waals surface area contributed by atoms with Crippen LogP contribution in [-0.2, 0) is 19.1 Å². The first-order valence-electron chi connectivity index (χ1n) is 7.65. The molecule has 0 unspecified atom stereocenters. The molecule has 1 aliphatic heterocycles. The Hall–Kier alpha value is -2.06. The van der Waals surface area contributed by atoms with Gasteiger partial charge < -0.3 is 24.1 Å². The Morgan fingerprint density at radius 2 is 1.76 bits per heavy atom. The lowest BCUT2D eigenvalue weighted by atomic mass is 10.1. The zero-order chi connectivity index (χ0) is 18.6. The number of ether oxygens (including phenoxy) is 4. The molecule has 2 rings (SSSR count). The summed E-state index contributed by atoms with van der Waals surface area (Å²) in [5.41, 5.74) is 0.301. The summed E-state index contributed by atoms with van der Waals surface area (Å²) in [4.78, 5) is 24.1. The SMILES string of the molecule is CCOc1cc(C=C2C(=O)OC(C)(C)OC2=O)c(Br)cc1OCCO. The van der Waals surface area contributed by atoms with Crippen LogP contribution in [0.4, 0.5) is 0 Å². The summed E-state index contributed by atoms with van der Waals surface area (Å²) in [6.45, 7) is 5.15. The number of hydrogen-bond acceptors (Lipinski definition) is 7. The minimum absolute atomic E-state index is 0.112. The lowest BCUT2D eigenvalue weighted by Crippen LogP contribution is -2.41. The largest absolute Gasteiger partial charge is 0.490 e. The predicted octanol–water partition coefficient (Wildman–Crippen LogP) is 2.44. The third kappa shape index (κ3) is 4.73. The van der Waals surface area contributed by atoms with Gasteiger partial charge in [0.2, 0.25) is 0 Å². The van der Waals surface area contributed by atoms with Crippen molar-refractivity contribution in [3.8, 4) is 11.5 Å². The van der Waals surface area contributed by atoms with Crippen molar-refractivity contribution >= 4 is 33.9 Å². The fraction of sp³-hybridized carbons (Fsp3) is 0.412. The van der Waals surface area contributed by atoms with Crippen molar-refractivity contribution in [2.75, 3.05) is 19.8 Å². The molecule has 7 nitrogen and oxygen atoms in total. The zero-order valence-corrected chi connectivity index (χ0v) is 15.7. The summed E-state index contributed by atoms with van der Waals surface area (Å²) >= 11 is 3.37. The maximum atomic E-state index is 12.1. The molecule has 1 heterocycles. The van der Waals surface area contributed by atoms with Crippen molar-refractivity contribution in [1.82, 2.24) is 0 Å². The van der Waals surface area contributed by atoms with Gasteiger partial charge in [-0.25, -0.2) is 9.59 Å². The van der Waals surface area contributed by atoms with Crippen molar-refractivity contribution in [3.05, 3.63) is 27.7 Å². The molecular formula is C17H19BrO7. The maximum Gasteiger partial charge on any atom is 0.348 e. The monoisotopic (exact) mass is 414 g/mol. The molecule has 0 amide bonds. The molecule has 0 atom stereocenters. The van der Waals surface area contributed by atoms with Gasteiger partial charge in [0.15, 0.2) is 11.5 Å². The molecule has 0 bridgehead atoms. The van der Waals surface area contributed by atoms with Crippen LogP contribution < -0.4 is 9.47 Å². The van der Waals surface area contributed by atoms with E-state index in [1.54, 1.807) is 12.1 Å². The lowest BCUT2D eigenvalue weighted by Gasteiger charge is -2.29. The first-order valence-corrected chi connectivity index (χ1v) is 8.45. The zero-order valence-electron chi connectivity index (χ0n) is 14.1. The number of aliphatic hydroxyl groups is 1. The number of aliphatic hydroxyl groups excluding tert-OH is 1. The smallest absolute Gasteiger partial charge is 0.348 e. The van der Waals surface area contributed by atoms with Crippen LogP contribution in [0, 0.1) is 0 Å². The Balaban J connectivity index is 2.40.